The average Bonchev–Trinajstić information content (AvgIpc) is 2.58. The molecule has 0 saturated heterocycles. The van der Waals surface area contributed by atoms with Gasteiger partial charge in [-0.2, -0.15) is 0 Å². The highest BCUT2D eigenvalue weighted by Gasteiger charge is 2.13. The first kappa shape index (κ1) is 21.9. The molecule has 0 spiro atoms. The number of nitrogens with one attached hydrogen (secondary N) is 1. The smallest absolute Gasteiger partial charge is 0.257 e. The molecule has 1 amide bonds. The van der Waals surface area contributed by atoms with Gasteiger partial charge in [0, 0.05) is 17.7 Å². The zero-order valence-corrected chi connectivity index (χ0v) is 17.0. The second kappa shape index (κ2) is 13.1. The van der Waals surface area contributed by atoms with Crippen molar-refractivity contribution >= 4 is 27.5 Å². The van der Waals surface area contributed by atoms with Crippen molar-refractivity contribution in [2.45, 2.75) is 33.1 Å². The normalized spacial score (nSPS) is 11.7. The van der Waals surface area contributed by atoms with Crippen molar-refractivity contribution in [2.24, 2.45) is 5.92 Å². The van der Waals surface area contributed by atoms with Gasteiger partial charge in [0.15, 0.2) is 0 Å². The van der Waals surface area contributed by atoms with E-state index in [1.54, 1.807) is 21.6 Å². The van der Waals surface area contributed by atoms with E-state index in [0.29, 0.717) is 13.2 Å². The van der Waals surface area contributed by atoms with E-state index < -0.39 is 0 Å². The Balaban J connectivity index is 2.31. The number of amides is 1. The minimum Gasteiger partial charge on any atom is -0.369 e. The van der Waals surface area contributed by atoms with Gasteiger partial charge in [-0.05, 0) is 12.5 Å². The lowest BCUT2D eigenvalue weighted by atomic mass is 10.2. The van der Waals surface area contributed by atoms with Crippen molar-refractivity contribution in [1.82, 2.24) is 5.32 Å². The zero-order valence-electron chi connectivity index (χ0n) is 15.3. The van der Waals surface area contributed by atoms with Crippen molar-refractivity contribution in [3.63, 3.8) is 0 Å². The summed E-state index contributed by atoms with van der Waals surface area (Å²) in [7, 11) is 3.47. The van der Waals surface area contributed by atoms with Crippen LogP contribution in [0.4, 0.5) is 0 Å². The molecule has 0 aliphatic rings. The van der Waals surface area contributed by atoms with Gasteiger partial charge in [0.25, 0.3) is 5.91 Å². The van der Waals surface area contributed by atoms with Crippen molar-refractivity contribution < 1.29 is 14.3 Å². The molecule has 0 aromatic heterocycles. The first-order chi connectivity index (χ1) is 12.0. The van der Waals surface area contributed by atoms with Crippen LogP contribution >= 0.6 is 21.6 Å². The van der Waals surface area contributed by atoms with Crippen LogP contribution < -0.4 is 5.32 Å². The van der Waals surface area contributed by atoms with Gasteiger partial charge in [0.2, 0.25) is 0 Å². The minimum atomic E-state index is -0.237. The molecule has 1 atom stereocenters. The number of aryl methyl sites for hydroxylation is 1. The van der Waals surface area contributed by atoms with Crippen LogP contribution in [0, 0.1) is 24.8 Å². The molecule has 6 heteroatoms. The number of hydrogen-bond acceptors (Lipinski definition) is 5. The van der Waals surface area contributed by atoms with E-state index in [1.807, 2.05) is 13.8 Å². The Morgan fingerprint density at radius 1 is 1.24 bits per heavy atom. The quantitative estimate of drug-likeness (QED) is 0.217. The summed E-state index contributed by atoms with van der Waals surface area (Å²) >= 11 is 0. The molecule has 138 valence electrons. The molecule has 25 heavy (non-hydrogen) atoms. The van der Waals surface area contributed by atoms with E-state index in [4.69, 9.17) is 9.47 Å². The molecule has 0 bridgehead atoms. The molecule has 0 radical (unpaired) electrons. The molecule has 1 aromatic carbocycles. The summed E-state index contributed by atoms with van der Waals surface area (Å²) in [6.07, 6.45) is 0. The number of rotatable bonds is 10. The molecule has 0 fully saturated rings. The zero-order chi connectivity index (χ0) is 18.5. The second-order valence-electron chi connectivity index (χ2n) is 5.64. The maximum Gasteiger partial charge on any atom is 0.257 e. The number of benzene rings is 1. The molecule has 1 unspecified atom stereocenters. The summed E-state index contributed by atoms with van der Waals surface area (Å²) in [5, 5.41) is 2.50. The molecule has 4 nitrogen and oxygen atoms in total. The molecular weight excluding hydrogens is 354 g/mol. The fraction of sp³-hybridized carbons (Fsp3) is 0.526. The number of hydrogen-bond donors (Lipinski definition) is 1. The predicted molar refractivity (Wildman–Crippen MR) is 107 cm³/mol. The Morgan fingerprint density at radius 2 is 1.96 bits per heavy atom. The van der Waals surface area contributed by atoms with Gasteiger partial charge < -0.3 is 9.47 Å². The van der Waals surface area contributed by atoms with E-state index in [2.05, 4.69) is 55.4 Å². The third-order valence-corrected chi connectivity index (χ3v) is 5.51. The summed E-state index contributed by atoms with van der Waals surface area (Å²) in [6, 6.07) is 11.0. The fourth-order valence-electron chi connectivity index (χ4n) is 1.70. The standard InChI is InChI=1S/C19H27NO3S2/c1-5-24-25-19(17-8-6-16(4)7-9-17)23-13-12-22-14-18(21)20-11-10-15(2)3/h6-9,15,19H,5,12-14H2,1-4H3,(H,20,21). The molecule has 0 heterocycles. The summed E-state index contributed by atoms with van der Waals surface area (Å²) in [6.45, 7) is 8.90. The van der Waals surface area contributed by atoms with Gasteiger partial charge in [0.05, 0.1) is 13.2 Å². The van der Waals surface area contributed by atoms with E-state index in [-0.39, 0.29) is 23.9 Å². The van der Waals surface area contributed by atoms with Gasteiger partial charge >= 0.3 is 0 Å². The van der Waals surface area contributed by atoms with Gasteiger partial charge in [-0.15, -0.1) is 0 Å². The van der Waals surface area contributed by atoms with Crippen LogP contribution in [0.25, 0.3) is 0 Å². The van der Waals surface area contributed by atoms with Crippen molar-refractivity contribution in [3.8, 4) is 12.0 Å². The van der Waals surface area contributed by atoms with Crippen LogP contribution in [0.1, 0.15) is 37.3 Å². The number of carbonyl (C=O) groups is 1. The highest BCUT2D eigenvalue weighted by Crippen LogP contribution is 2.38. The molecule has 1 rings (SSSR count). The van der Waals surface area contributed by atoms with E-state index in [1.165, 1.54) is 5.56 Å². The van der Waals surface area contributed by atoms with Crippen LogP contribution in [0.3, 0.4) is 0 Å². The van der Waals surface area contributed by atoms with Crippen molar-refractivity contribution in [1.29, 1.82) is 0 Å². The summed E-state index contributed by atoms with van der Waals surface area (Å²) in [5.74, 6) is 3.88. The number of carbonyl (C=O) groups excluding carboxylic acids is 1. The molecular formula is C19H27NO3S2. The van der Waals surface area contributed by atoms with Gasteiger partial charge in [-0.1, -0.05) is 78.1 Å². The second-order valence-corrected chi connectivity index (χ2v) is 8.36. The van der Waals surface area contributed by atoms with Crippen LogP contribution in [-0.2, 0) is 14.3 Å². The van der Waals surface area contributed by atoms with Crippen LogP contribution in [0.5, 0.6) is 0 Å². The monoisotopic (exact) mass is 381 g/mol. The topological polar surface area (TPSA) is 47.6 Å². The van der Waals surface area contributed by atoms with E-state index in [9.17, 15) is 4.79 Å². The van der Waals surface area contributed by atoms with Crippen molar-refractivity contribution in [3.05, 3.63) is 35.4 Å². The first-order valence-corrected chi connectivity index (χ1v) is 10.7. The minimum absolute atomic E-state index is 0.0117. The SMILES string of the molecule is CCSSC(OCCOCC(=O)NC#CC(C)C)c1ccc(C)cc1. The number of ether oxygens (including phenoxy) is 2. The summed E-state index contributed by atoms with van der Waals surface area (Å²) in [4.78, 5) is 11.5. The van der Waals surface area contributed by atoms with E-state index >= 15 is 0 Å². The molecule has 0 saturated carbocycles. The third-order valence-electron chi connectivity index (χ3n) is 2.92. The Bertz CT molecular complexity index is 564. The lowest BCUT2D eigenvalue weighted by molar-refractivity contribution is -0.125. The molecule has 1 aromatic rings. The first-order valence-electron chi connectivity index (χ1n) is 8.36. The lowest BCUT2D eigenvalue weighted by Crippen LogP contribution is -2.24. The summed E-state index contributed by atoms with van der Waals surface area (Å²) < 4.78 is 11.3. The van der Waals surface area contributed by atoms with Crippen LogP contribution in [-0.4, -0.2) is 31.5 Å². The van der Waals surface area contributed by atoms with E-state index in [0.717, 1.165) is 11.3 Å². The Hall–Kier alpha value is -1.13. The Labute approximate surface area is 159 Å². The highest BCUT2D eigenvalue weighted by molar-refractivity contribution is 8.76. The van der Waals surface area contributed by atoms with Crippen molar-refractivity contribution in [2.75, 3.05) is 25.6 Å². The predicted octanol–water partition coefficient (Wildman–Crippen LogP) is 4.16. The Kier molecular flexibility index (Phi) is 11.5. The van der Waals surface area contributed by atoms with Crippen LogP contribution in [0.15, 0.2) is 24.3 Å². The van der Waals surface area contributed by atoms with Gasteiger partial charge in [0.1, 0.15) is 12.0 Å². The van der Waals surface area contributed by atoms with Gasteiger partial charge in [-0.3, -0.25) is 10.1 Å². The summed E-state index contributed by atoms with van der Waals surface area (Å²) in [5.41, 5.74) is 2.32. The molecule has 0 aliphatic heterocycles. The molecule has 0 aliphatic carbocycles. The lowest BCUT2D eigenvalue weighted by Gasteiger charge is -2.17. The average molecular weight is 382 g/mol. The Morgan fingerprint density at radius 3 is 2.60 bits per heavy atom. The van der Waals surface area contributed by atoms with Gasteiger partial charge in [-0.25, -0.2) is 0 Å². The third kappa shape index (κ3) is 10.5. The maximum atomic E-state index is 11.5. The fourth-order valence-corrected chi connectivity index (χ4v) is 3.66. The highest BCUT2D eigenvalue weighted by atomic mass is 33.1. The maximum absolute atomic E-state index is 11.5. The van der Waals surface area contributed by atoms with Crippen LogP contribution in [0.2, 0.25) is 0 Å². The largest absolute Gasteiger partial charge is 0.369 e. The molecule has 1 N–H and O–H groups in total.